The lowest BCUT2D eigenvalue weighted by Gasteiger charge is -2.26. The second-order valence-electron chi connectivity index (χ2n) is 5.56. The predicted octanol–water partition coefficient (Wildman–Crippen LogP) is 3.60. The Balaban J connectivity index is 2.18. The lowest BCUT2D eigenvalue weighted by molar-refractivity contribution is 0.263. The molecule has 0 bridgehead atoms. The molecule has 19 heavy (non-hydrogen) atoms. The fraction of sp³-hybridized carbons (Fsp3) is 0.643. The number of nitrogens with zero attached hydrogens (tertiary/aromatic N) is 2. The number of likely N-dealkylation sites (tertiary alicyclic amines) is 1. The van der Waals surface area contributed by atoms with E-state index in [1.54, 1.807) is 0 Å². The van der Waals surface area contributed by atoms with Gasteiger partial charge in [0.05, 0.1) is 11.7 Å². The number of hydrogen-bond acceptors (Lipinski definition) is 3. The minimum atomic E-state index is 0.397. The van der Waals surface area contributed by atoms with E-state index in [9.17, 15) is 0 Å². The zero-order chi connectivity index (χ0) is 14.0. The first-order chi connectivity index (χ1) is 8.99. The van der Waals surface area contributed by atoms with Gasteiger partial charge in [0.15, 0.2) is 0 Å². The van der Waals surface area contributed by atoms with E-state index in [0.717, 1.165) is 27.7 Å². The zero-order valence-electron chi connectivity index (χ0n) is 11.7. The van der Waals surface area contributed by atoms with Crippen LogP contribution in [0, 0.1) is 5.92 Å². The minimum Gasteiger partial charge on any atom is -0.314 e. The average molecular weight is 391 g/mol. The molecular weight excluding hydrogens is 370 g/mol. The number of aromatic nitrogens is 1. The topological polar surface area (TPSA) is 28.2 Å². The molecule has 2 rings (SSSR count). The Morgan fingerprint density at radius 3 is 2.84 bits per heavy atom. The summed E-state index contributed by atoms with van der Waals surface area (Å²) in [5, 5.41) is 3.56. The van der Waals surface area contributed by atoms with Gasteiger partial charge in [-0.05, 0) is 63.9 Å². The van der Waals surface area contributed by atoms with Crippen molar-refractivity contribution in [2.75, 3.05) is 20.1 Å². The van der Waals surface area contributed by atoms with Crippen molar-refractivity contribution in [3.05, 3.63) is 26.9 Å². The van der Waals surface area contributed by atoms with Gasteiger partial charge >= 0.3 is 0 Å². The van der Waals surface area contributed by atoms with E-state index in [-0.39, 0.29) is 0 Å². The SMILES string of the molecule is CC(C)NCC1CCN(C)C1c1ncc(Br)cc1Br. The molecule has 106 valence electrons. The van der Waals surface area contributed by atoms with Crippen molar-refractivity contribution in [1.82, 2.24) is 15.2 Å². The molecule has 1 fully saturated rings. The summed E-state index contributed by atoms with van der Waals surface area (Å²) in [5.74, 6) is 0.623. The highest BCUT2D eigenvalue weighted by atomic mass is 79.9. The largest absolute Gasteiger partial charge is 0.314 e. The first-order valence-corrected chi connectivity index (χ1v) is 8.32. The van der Waals surface area contributed by atoms with Crippen molar-refractivity contribution in [3.8, 4) is 0 Å². The summed E-state index contributed by atoms with van der Waals surface area (Å²) >= 11 is 7.12. The Morgan fingerprint density at radius 1 is 1.47 bits per heavy atom. The van der Waals surface area contributed by atoms with Gasteiger partial charge in [-0.2, -0.15) is 0 Å². The fourth-order valence-electron chi connectivity index (χ4n) is 2.70. The summed E-state index contributed by atoms with van der Waals surface area (Å²) in [5.41, 5.74) is 1.15. The maximum atomic E-state index is 4.62. The monoisotopic (exact) mass is 389 g/mol. The smallest absolute Gasteiger partial charge is 0.0721 e. The molecule has 1 aliphatic heterocycles. The van der Waals surface area contributed by atoms with Gasteiger partial charge in [-0.1, -0.05) is 13.8 Å². The van der Waals surface area contributed by atoms with Gasteiger partial charge in [-0.15, -0.1) is 0 Å². The number of rotatable bonds is 4. The van der Waals surface area contributed by atoms with Crippen LogP contribution >= 0.6 is 31.9 Å². The molecule has 2 atom stereocenters. The summed E-state index contributed by atoms with van der Waals surface area (Å²) in [6.07, 6.45) is 3.12. The molecule has 1 N–H and O–H groups in total. The number of halogens is 2. The Bertz CT molecular complexity index is 437. The van der Waals surface area contributed by atoms with Gasteiger partial charge in [0.1, 0.15) is 0 Å². The van der Waals surface area contributed by atoms with Crippen molar-refractivity contribution in [3.63, 3.8) is 0 Å². The number of nitrogens with one attached hydrogen (secondary N) is 1. The summed E-state index contributed by atoms with van der Waals surface area (Å²) in [4.78, 5) is 7.03. The van der Waals surface area contributed by atoms with Crippen molar-refractivity contribution in [1.29, 1.82) is 0 Å². The van der Waals surface area contributed by atoms with Crippen LogP contribution in [0.2, 0.25) is 0 Å². The molecule has 0 radical (unpaired) electrons. The van der Waals surface area contributed by atoms with E-state index in [0.29, 0.717) is 18.0 Å². The minimum absolute atomic E-state index is 0.397. The van der Waals surface area contributed by atoms with Gasteiger partial charge < -0.3 is 5.32 Å². The highest BCUT2D eigenvalue weighted by Crippen LogP contribution is 2.38. The lowest BCUT2D eigenvalue weighted by Crippen LogP contribution is -2.32. The average Bonchev–Trinajstić information content (AvgIpc) is 2.68. The molecule has 0 aromatic carbocycles. The molecule has 2 heterocycles. The van der Waals surface area contributed by atoms with Crippen molar-refractivity contribution < 1.29 is 0 Å². The maximum Gasteiger partial charge on any atom is 0.0721 e. The Hall–Kier alpha value is 0.0300. The van der Waals surface area contributed by atoms with Crippen LogP contribution in [-0.2, 0) is 0 Å². The van der Waals surface area contributed by atoms with Crippen LogP contribution in [0.1, 0.15) is 32.0 Å². The standard InChI is InChI=1S/C14H21Br2N3/c1-9(2)17-7-10-4-5-19(3)14(10)13-12(16)6-11(15)8-18-13/h6,8-10,14,17H,4-5,7H2,1-3H3. The van der Waals surface area contributed by atoms with E-state index in [1.165, 1.54) is 6.42 Å². The molecule has 2 unspecified atom stereocenters. The van der Waals surface area contributed by atoms with Gasteiger partial charge in [0, 0.05) is 27.7 Å². The van der Waals surface area contributed by atoms with Crippen LogP contribution in [0.15, 0.2) is 21.2 Å². The summed E-state index contributed by atoms with van der Waals surface area (Å²) < 4.78 is 2.11. The van der Waals surface area contributed by atoms with Crippen molar-refractivity contribution in [2.45, 2.75) is 32.4 Å². The van der Waals surface area contributed by atoms with Crippen molar-refractivity contribution >= 4 is 31.9 Å². The molecule has 3 nitrogen and oxygen atoms in total. The van der Waals surface area contributed by atoms with E-state index >= 15 is 0 Å². The summed E-state index contributed by atoms with van der Waals surface area (Å²) in [7, 11) is 2.19. The molecule has 0 amide bonds. The van der Waals surface area contributed by atoms with Gasteiger partial charge in [-0.3, -0.25) is 9.88 Å². The highest BCUT2D eigenvalue weighted by molar-refractivity contribution is 9.11. The van der Waals surface area contributed by atoms with Crippen molar-refractivity contribution in [2.24, 2.45) is 5.92 Å². The maximum absolute atomic E-state index is 4.62. The second-order valence-corrected chi connectivity index (χ2v) is 7.33. The second kappa shape index (κ2) is 6.66. The van der Waals surface area contributed by atoms with Crippen LogP contribution in [0.4, 0.5) is 0 Å². The van der Waals surface area contributed by atoms with Crippen LogP contribution in [0.25, 0.3) is 0 Å². The predicted molar refractivity (Wildman–Crippen MR) is 86.3 cm³/mol. The van der Waals surface area contributed by atoms with Gasteiger partial charge in [0.2, 0.25) is 0 Å². The third-order valence-corrected chi connectivity index (χ3v) is 4.75. The molecule has 0 saturated carbocycles. The highest BCUT2D eigenvalue weighted by Gasteiger charge is 2.34. The van der Waals surface area contributed by atoms with Gasteiger partial charge in [-0.25, -0.2) is 0 Å². The Labute approximate surface area is 132 Å². The third-order valence-electron chi connectivity index (χ3n) is 3.68. The quantitative estimate of drug-likeness (QED) is 0.851. The molecule has 1 aliphatic rings. The first-order valence-electron chi connectivity index (χ1n) is 6.73. The first kappa shape index (κ1) is 15.4. The fourth-order valence-corrected chi connectivity index (χ4v) is 3.92. The number of hydrogen-bond donors (Lipinski definition) is 1. The molecule has 0 spiro atoms. The zero-order valence-corrected chi connectivity index (χ0v) is 14.8. The molecule has 5 heteroatoms. The summed E-state index contributed by atoms with van der Waals surface area (Å²) in [6.45, 7) is 6.58. The van der Waals surface area contributed by atoms with Gasteiger partial charge in [0.25, 0.3) is 0 Å². The number of pyridine rings is 1. The normalized spacial score (nSPS) is 24.3. The lowest BCUT2D eigenvalue weighted by atomic mass is 9.97. The Kier molecular flexibility index (Phi) is 5.40. The van der Waals surface area contributed by atoms with Crippen LogP contribution in [-0.4, -0.2) is 36.1 Å². The van der Waals surface area contributed by atoms with E-state index < -0.39 is 0 Å². The van der Waals surface area contributed by atoms with Crippen LogP contribution in [0.3, 0.4) is 0 Å². The summed E-state index contributed by atoms with van der Waals surface area (Å²) in [6, 6.07) is 3.02. The molecule has 1 aromatic rings. The third kappa shape index (κ3) is 3.78. The molecule has 1 aromatic heterocycles. The molecular formula is C14H21Br2N3. The molecule has 0 aliphatic carbocycles. The van der Waals surface area contributed by atoms with E-state index in [2.05, 4.69) is 74.0 Å². The van der Waals surface area contributed by atoms with E-state index in [4.69, 9.17) is 0 Å². The van der Waals surface area contributed by atoms with Crippen LogP contribution < -0.4 is 5.32 Å². The Morgan fingerprint density at radius 2 is 2.21 bits per heavy atom. The van der Waals surface area contributed by atoms with E-state index in [1.807, 2.05) is 6.20 Å². The van der Waals surface area contributed by atoms with Crippen LogP contribution in [0.5, 0.6) is 0 Å². The molecule has 1 saturated heterocycles.